The number of rotatable bonds is 7. The molecular weight excluding hydrogens is 316 g/mol. The quantitative estimate of drug-likeness (QED) is 0.753. The van der Waals surface area contributed by atoms with Crippen molar-refractivity contribution in [2.45, 2.75) is 13.3 Å². The molecular formula is C19H30N4O2. The highest BCUT2D eigenvalue weighted by Gasteiger charge is 2.21. The van der Waals surface area contributed by atoms with Crippen LogP contribution in [0.3, 0.4) is 0 Å². The number of amides is 2. The van der Waals surface area contributed by atoms with Gasteiger partial charge in [-0.1, -0.05) is 6.92 Å². The molecule has 6 heteroatoms. The van der Waals surface area contributed by atoms with E-state index in [1.165, 1.54) is 0 Å². The number of benzene rings is 1. The minimum Gasteiger partial charge on any atom is -0.352 e. The van der Waals surface area contributed by atoms with E-state index >= 15 is 0 Å². The Morgan fingerprint density at radius 2 is 1.64 bits per heavy atom. The molecule has 25 heavy (non-hydrogen) atoms. The van der Waals surface area contributed by atoms with E-state index in [1.54, 1.807) is 24.3 Å². The summed E-state index contributed by atoms with van der Waals surface area (Å²) in [4.78, 5) is 31.0. The summed E-state index contributed by atoms with van der Waals surface area (Å²) in [5.41, 5.74) is 1.24. The zero-order valence-corrected chi connectivity index (χ0v) is 15.6. The van der Waals surface area contributed by atoms with Gasteiger partial charge in [0.1, 0.15) is 0 Å². The van der Waals surface area contributed by atoms with Crippen molar-refractivity contribution >= 4 is 11.8 Å². The Kier molecular flexibility index (Phi) is 7.40. The van der Waals surface area contributed by atoms with Crippen LogP contribution < -0.4 is 5.32 Å². The van der Waals surface area contributed by atoms with Gasteiger partial charge in [0.15, 0.2) is 0 Å². The maximum atomic E-state index is 12.6. The minimum atomic E-state index is -0.0886. The van der Waals surface area contributed by atoms with Gasteiger partial charge >= 0.3 is 0 Å². The van der Waals surface area contributed by atoms with Crippen LogP contribution in [0, 0.1) is 0 Å². The molecule has 1 aliphatic rings. The van der Waals surface area contributed by atoms with Gasteiger partial charge in [-0.15, -0.1) is 0 Å². The van der Waals surface area contributed by atoms with Crippen molar-refractivity contribution in [1.82, 2.24) is 20.0 Å². The van der Waals surface area contributed by atoms with Gasteiger partial charge in [0.2, 0.25) is 0 Å². The summed E-state index contributed by atoms with van der Waals surface area (Å²) in [6.07, 6.45) is 0.916. The molecule has 2 amide bonds. The lowest BCUT2D eigenvalue weighted by Gasteiger charge is -2.34. The number of carbonyl (C=O) groups excluding carboxylic acids is 2. The summed E-state index contributed by atoms with van der Waals surface area (Å²) in [6, 6.07) is 6.97. The van der Waals surface area contributed by atoms with Gasteiger partial charge in [0, 0.05) is 43.9 Å². The van der Waals surface area contributed by atoms with Gasteiger partial charge < -0.3 is 20.0 Å². The SMILES string of the molecule is CCN1CCN(C(=O)c2ccc(C(=O)NCCCN(C)C)cc2)CC1. The first-order chi connectivity index (χ1) is 12.0. The first kappa shape index (κ1) is 19.4. The lowest BCUT2D eigenvalue weighted by molar-refractivity contribution is 0.0643. The van der Waals surface area contributed by atoms with Crippen molar-refractivity contribution in [2.24, 2.45) is 0 Å². The molecule has 0 aliphatic carbocycles. The first-order valence-electron chi connectivity index (χ1n) is 9.06. The Morgan fingerprint density at radius 3 is 2.20 bits per heavy atom. The third-order valence-electron chi connectivity index (χ3n) is 4.57. The minimum absolute atomic E-state index is 0.0497. The van der Waals surface area contributed by atoms with E-state index in [4.69, 9.17) is 0 Å². The summed E-state index contributed by atoms with van der Waals surface area (Å²) in [7, 11) is 4.03. The Hall–Kier alpha value is -1.92. The van der Waals surface area contributed by atoms with Crippen LogP contribution in [0.25, 0.3) is 0 Å². The largest absolute Gasteiger partial charge is 0.352 e. The van der Waals surface area contributed by atoms with E-state index in [-0.39, 0.29) is 11.8 Å². The highest BCUT2D eigenvalue weighted by Crippen LogP contribution is 2.10. The van der Waals surface area contributed by atoms with Gasteiger partial charge in [-0.25, -0.2) is 0 Å². The van der Waals surface area contributed by atoms with Gasteiger partial charge in [0.25, 0.3) is 11.8 Å². The Labute approximate surface area is 150 Å². The molecule has 0 saturated carbocycles. The third kappa shape index (κ3) is 5.83. The topological polar surface area (TPSA) is 55.9 Å². The molecule has 2 rings (SSSR count). The Balaban J connectivity index is 1.84. The fourth-order valence-electron chi connectivity index (χ4n) is 2.91. The van der Waals surface area contributed by atoms with Crippen LogP contribution in [-0.4, -0.2) is 86.4 Å². The molecule has 1 aromatic carbocycles. The predicted molar refractivity (Wildman–Crippen MR) is 100.0 cm³/mol. The molecule has 1 aliphatic heterocycles. The Bertz CT molecular complexity index is 563. The summed E-state index contributed by atoms with van der Waals surface area (Å²) >= 11 is 0. The van der Waals surface area contributed by atoms with Crippen molar-refractivity contribution in [1.29, 1.82) is 0 Å². The monoisotopic (exact) mass is 346 g/mol. The number of hydrogen-bond acceptors (Lipinski definition) is 4. The molecule has 1 heterocycles. The number of hydrogen-bond donors (Lipinski definition) is 1. The van der Waals surface area contributed by atoms with Crippen LogP contribution in [0.1, 0.15) is 34.1 Å². The lowest BCUT2D eigenvalue weighted by atomic mass is 10.1. The van der Waals surface area contributed by atoms with Gasteiger partial charge in [-0.2, -0.15) is 0 Å². The zero-order valence-electron chi connectivity index (χ0n) is 15.6. The van der Waals surface area contributed by atoms with E-state index in [0.29, 0.717) is 17.7 Å². The smallest absolute Gasteiger partial charge is 0.253 e. The molecule has 138 valence electrons. The van der Waals surface area contributed by atoms with Crippen molar-refractivity contribution in [3.05, 3.63) is 35.4 Å². The summed E-state index contributed by atoms with van der Waals surface area (Å²) in [5, 5.41) is 2.91. The highest BCUT2D eigenvalue weighted by molar-refractivity contribution is 5.97. The molecule has 0 bridgehead atoms. The molecule has 0 spiro atoms. The second-order valence-corrected chi connectivity index (χ2v) is 6.72. The molecule has 0 unspecified atom stereocenters. The maximum absolute atomic E-state index is 12.6. The number of likely N-dealkylation sites (N-methyl/N-ethyl adjacent to an activating group) is 1. The molecule has 1 fully saturated rings. The van der Waals surface area contributed by atoms with Gasteiger partial charge in [-0.05, 0) is 57.9 Å². The van der Waals surface area contributed by atoms with Crippen molar-refractivity contribution in [3.8, 4) is 0 Å². The molecule has 0 radical (unpaired) electrons. The van der Waals surface area contributed by atoms with Crippen LogP contribution >= 0.6 is 0 Å². The van der Waals surface area contributed by atoms with E-state index in [1.807, 2.05) is 19.0 Å². The van der Waals surface area contributed by atoms with Crippen LogP contribution in [0.15, 0.2) is 24.3 Å². The van der Waals surface area contributed by atoms with Crippen molar-refractivity contribution in [2.75, 3.05) is 59.9 Å². The summed E-state index contributed by atoms with van der Waals surface area (Å²) in [5.74, 6) is -0.0389. The first-order valence-corrected chi connectivity index (χ1v) is 9.06. The molecule has 1 aromatic rings. The molecule has 0 atom stereocenters. The predicted octanol–water partition coefficient (Wildman–Crippen LogP) is 1.15. The second-order valence-electron chi connectivity index (χ2n) is 6.72. The molecule has 1 N–H and O–H groups in total. The van der Waals surface area contributed by atoms with E-state index < -0.39 is 0 Å². The average Bonchev–Trinajstić information content (AvgIpc) is 2.64. The molecule has 1 saturated heterocycles. The van der Waals surface area contributed by atoms with Crippen LogP contribution in [0.2, 0.25) is 0 Å². The maximum Gasteiger partial charge on any atom is 0.253 e. The lowest BCUT2D eigenvalue weighted by Crippen LogP contribution is -2.48. The van der Waals surface area contributed by atoms with Crippen molar-refractivity contribution in [3.63, 3.8) is 0 Å². The summed E-state index contributed by atoms with van der Waals surface area (Å²) in [6.45, 7) is 8.15. The van der Waals surface area contributed by atoms with Crippen LogP contribution in [-0.2, 0) is 0 Å². The zero-order chi connectivity index (χ0) is 18.2. The normalized spacial score (nSPS) is 15.4. The fraction of sp³-hybridized carbons (Fsp3) is 0.579. The molecule has 6 nitrogen and oxygen atoms in total. The standard InChI is InChI=1S/C19H30N4O2/c1-4-22-12-14-23(15-13-22)19(25)17-8-6-16(7-9-17)18(24)20-10-5-11-21(2)3/h6-9H,4-5,10-15H2,1-3H3,(H,20,24). The fourth-order valence-corrected chi connectivity index (χ4v) is 2.91. The van der Waals surface area contributed by atoms with Crippen molar-refractivity contribution < 1.29 is 9.59 Å². The van der Waals surface area contributed by atoms with Gasteiger partial charge in [0.05, 0.1) is 0 Å². The van der Waals surface area contributed by atoms with E-state index in [0.717, 1.165) is 45.7 Å². The van der Waals surface area contributed by atoms with Crippen LogP contribution in [0.5, 0.6) is 0 Å². The third-order valence-corrected chi connectivity index (χ3v) is 4.57. The van der Waals surface area contributed by atoms with Gasteiger partial charge in [-0.3, -0.25) is 9.59 Å². The number of piperazine rings is 1. The van der Waals surface area contributed by atoms with E-state index in [2.05, 4.69) is 22.0 Å². The average molecular weight is 346 g/mol. The van der Waals surface area contributed by atoms with E-state index in [9.17, 15) is 9.59 Å². The number of nitrogens with one attached hydrogen (secondary N) is 1. The number of carbonyl (C=O) groups is 2. The van der Waals surface area contributed by atoms with Crippen LogP contribution in [0.4, 0.5) is 0 Å². The Morgan fingerprint density at radius 1 is 1.04 bits per heavy atom. The second kappa shape index (κ2) is 9.53. The molecule has 0 aromatic heterocycles. The highest BCUT2D eigenvalue weighted by atomic mass is 16.2. The summed E-state index contributed by atoms with van der Waals surface area (Å²) < 4.78 is 0. The number of nitrogens with zero attached hydrogens (tertiary/aromatic N) is 3.